The Morgan fingerprint density at radius 1 is 1.26 bits per heavy atom. The molecule has 148 valence electrons. The lowest BCUT2D eigenvalue weighted by Gasteiger charge is -2.32. The lowest BCUT2D eigenvalue weighted by atomic mass is 9.77. The van der Waals surface area contributed by atoms with Gasteiger partial charge < -0.3 is 19.4 Å². The van der Waals surface area contributed by atoms with Crippen molar-refractivity contribution >= 4 is 19.3 Å². The van der Waals surface area contributed by atoms with Crippen molar-refractivity contribution in [3.8, 4) is 0 Å². The molecule has 2 heterocycles. The highest BCUT2D eigenvalue weighted by Crippen LogP contribution is 2.38. The third-order valence-electron chi connectivity index (χ3n) is 4.52. The molecule has 2 rings (SSSR count). The second-order valence-corrected chi connectivity index (χ2v) is 8.72. The van der Waals surface area contributed by atoms with Crippen LogP contribution in [0.5, 0.6) is 0 Å². The van der Waals surface area contributed by atoms with E-state index in [1.807, 2.05) is 61.5 Å². The topological polar surface area (TPSA) is 82.6 Å². The first-order chi connectivity index (χ1) is 12.3. The molecule has 0 atom stereocenters. The molecule has 0 aliphatic carbocycles. The van der Waals surface area contributed by atoms with Crippen LogP contribution >= 0.6 is 0 Å². The molecule has 0 spiro atoms. The molecule has 0 radical (unpaired) electrons. The smallest absolute Gasteiger partial charge is 0.444 e. The van der Waals surface area contributed by atoms with Crippen molar-refractivity contribution in [3.63, 3.8) is 0 Å². The average molecular weight is 375 g/mol. The number of rotatable bonds is 4. The molecular weight excluding hydrogens is 345 g/mol. The molecule has 1 aromatic rings. The quantitative estimate of drug-likeness (QED) is 0.813. The van der Waals surface area contributed by atoms with Crippen LogP contribution < -0.4 is 5.32 Å². The van der Waals surface area contributed by atoms with Crippen LogP contribution in [0.25, 0.3) is 6.08 Å². The molecule has 1 aromatic heterocycles. The predicted octanol–water partition coefficient (Wildman–Crippen LogP) is 3.32. The molecule has 0 bridgehead atoms. The average Bonchev–Trinajstić information content (AvgIpc) is 2.70. The van der Waals surface area contributed by atoms with Gasteiger partial charge in [0.1, 0.15) is 5.60 Å². The summed E-state index contributed by atoms with van der Waals surface area (Å²) in [5.41, 5.74) is 0.0132. The van der Waals surface area contributed by atoms with E-state index in [-0.39, 0.29) is 6.54 Å². The van der Waals surface area contributed by atoms with Crippen molar-refractivity contribution in [3.05, 3.63) is 29.3 Å². The molecular formula is C19H30BN3O4. The number of hydrogen-bond donors (Lipinski definition) is 1. The minimum atomic E-state index is -0.617. The van der Waals surface area contributed by atoms with Crippen LogP contribution in [0.4, 0.5) is 4.79 Å². The van der Waals surface area contributed by atoms with Crippen LogP contribution in [0.3, 0.4) is 0 Å². The Kier molecular flexibility index (Phi) is 6.02. The summed E-state index contributed by atoms with van der Waals surface area (Å²) in [5.74, 6) is 0.533. The lowest BCUT2D eigenvalue weighted by molar-refractivity contribution is 0.00578. The lowest BCUT2D eigenvalue weighted by Crippen LogP contribution is -2.41. The van der Waals surface area contributed by atoms with Crippen LogP contribution in [0.15, 0.2) is 17.7 Å². The Morgan fingerprint density at radius 3 is 2.37 bits per heavy atom. The molecule has 1 N–H and O–H groups in total. The van der Waals surface area contributed by atoms with Crippen LogP contribution in [0.1, 0.15) is 60.0 Å². The van der Waals surface area contributed by atoms with E-state index in [0.717, 1.165) is 5.69 Å². The number of ether oxygens (including phenoxy) is 1. The molecule has 1 amide bonds. The number of nitrogens with zero attached hydrogens (tertiary/aromatic N) is 2. The molecule has 0 unspecified atom stereocenters. The van der Waals surface area contributed by atoms with Crippen LogP contribution in [-0.4, -0.2) is 46.5 Å². The summed E-state index contributed by atoms with van der Waals surface area (Å²) in [4.78, 5) is 20.7. The fraction of sp³-hybridized carbons (Fsp3) is 0.632. The first kappa shape index (κ1) is 21.4. The monoisotopic (exact) mass is 375 g/mol. The van der Waals surface area contributed by atoms with Gasteiger partial charge in [-0.1, -0.05) is 0 Å². The van der Waals surface area contributed by atoms with Crippen LogP contribution in [0, 0.1) is 6.92 Å². The van der Waals surface area contributed by atoms with E-state index >= 15 is 0 Å². The number of alkyl carbamates (subject to hydrolysis) is 1. The van der Waals surface area contributed by atoms with Gasteiger partial charge in [-0.2, -0.15) is 0 Å². The van der Waals surface area contributed by atoms with Crippen molar-refractivity contribution in [2.45, 2.75) is 72.2 Å². The summed E-state index contributed by atoms with van der Waals surface area (Å²) in [6.07, 6.45) is 2.97. The highest BCUT2D eigenvalue weighted by Gasteiger charge is 2.52. The summed E-state index contributed by atoms with van der Waals surface area (Å²) in [7, 11) is -0.617. The summed E-state index contributed by atoms with van der Waals surface area (Å²) < 4.78 is 17.6. The van der Waals surface area contributed by atoms with E-state index in [1.54, 1.807) is 12.3 Å². The van der Waals surface area contributed by atoms with Gasteiger partial charge in [0.25, 0.3) is 0 Å². The number of hydrogen-bond acceptors (Lipinski definition) is 6. The fourth-order valence-corrected chi connectivity index (χ4v) is 2.39. The number of amides is 1. The van der Waals surface area contributed by atoms with E-state index in [1.165, 1.54) is 0 Å². The maximum absolute atomic E-state index is 12.1. The highest BCUT2D eigenvalue weighted by molar-refractivity contribution is 6.55. The number of aromatic nitrogens is 2. The van der Waals surface area contributed by atoms with Gasteiger partial charge in [-0.15, -0.1) is 0 Å². The number of aryl methyl sites for hydroxylation is 1. The zero-order valence-corrected chi connectivity index (χ0v) is 17.5. The molecule has 27 heavy (non-hydrogen) atoms. The van der Waals surface area contributed by atoms with Gasteiger partial charge in [0.2, 0.25) is 0 Å². The van der Waals surface area contributed by atoms with Crippen molar-refractivity contribution in [2.24, 2.45) is 0 Å². The zero-order valence-electron chi connectivity index (χ0n) is 17.5. The first-order valence-electron chi connectivity index (χ1n) is 9.12. The predicted molar refractivity (Wildman–Crippen MR) is 105 cm³/mol. The Balaban J connectivity index is 2.23. The second kappa shape index (κ2) is 7.60. The van der Waals surface area contributed by atoms with Gasteiger partial charge in [0, 0.05) is 18.4 Å². The van der Waals surface area contributed by atoms with Crippen molar-refractivity contribution in [1.82, 2.24) is 15.3 Å². The highest BCUT2D eigenvalue weighted by atomic mass is 16.7. The minimum absolute atomic E-state index is 0.197. The Hall–Kier alpha value is -1.93. The Labute approximate surface area is 162 Å². The summed E-state index contributed by atoms with van der Waals surface area (Å²) >= 11 is 0. The van der Waals surface area contributed by atoms with Crippen molar-refractivity contribution in [2.75, 3.05) is 6.54 Å². The van der Waals surface area contributed by atoms with E-state index in [2.05, 4.69) is 15.3 Å². The molecule has 8 heteroatoms. The first-order valence-corrected chi connectivity index (χ1v) is 9.12. The SMILES string of the molecule is Cc1ccnc(C=C(CNC(=O)OC(C)(C)C)B2OC(C)(C)C(C)(C)O2)n1. The maximum atomic E-state index is 12.1. The Morgan fingerprint density at radius 2 is 1.85 bits per heavy atom. The van der Waals surface area contributed by atoms with Gasteiger partial charge in [-0.3, -0.25) is 0 Å². The zero-order chi connectivity index (χ0) is 20.5. The second-order valence-electron chi connectivity index (χ2n) is 8.72. The summed E-state index contributed by atoms with van der Waals surface area (Å²) in [6, 6.07) is 1.82. The van der Waals surface area contributed by atoms with Gasteiger partial charge in [-0.25, -0.2) is 14.8 Å². The third kappa shape index (κ3) is 5.77. The molecule has 7 nitrogen and oxygen atoms in total. The van der Waals surface area contributed by atoms with E-state index in [4.69, 9.17) is 14.0 Å². The minimum Gasteiger partial charge on any atom is -0.444 e. The maximum Gasteiger partial charge on any atom is 0.492 e. The van der Waals surface area contributed by atoms with Gasteiger partial charge in [0.05, 0.1) is 11.2 Å². The third-order valence-corrected chi connectivity index (χ3v) is 4.52. The molecule has 1 saturated heterocycles. The summed E-state index contributed by atoms with van der Waals surface area (Å²) in [6.45, 7) is 15.5. The van der Waals surface area contributed by atoms with Gasteiger partial charge in [0.15, 0.2) is 5.82 Å². The molecule has 1 aliphatic rings. The molecule has 0 saturated carbocycles. The molecule has 1 fully saturated rings. The standard InChI is InChI=1S/C19H30BN3O4/c1-13-9-10-21-15(23-13)11-14(12-22-16(24)25-17(2,3)4)20-26-18(5,6)19(7,8)27-20/h9-11H,12H2,1-8H3,(H,22,24). The number of carbonyl (C=O) groups is 1. The van der Waals surface area contributed by atoms with Crippen LogP contribution in [0.2, 0.25) is 0 Å². The Bertz CT molecular complexity index is 710. The number of carbonyl (C=O) groups excluding carboxylic acids is 1. The summed E-state index contributed by atoms with van der Waals surface area (Å²) in [5, 5.41) is 2.76. The van der Waals surface area contributed by atoms with E-state index < -0.39 is 30.0 Å². The van der Waals surface area contributed by atoms with E-state index in [9.17, 15) is 4.79 Å². The normalized spacial score (nSPS) is 19.1. The molecule has 1 aliphatic heterocycles. The van der Waals surface area contributed by atoms with Crippen LogP contribution in [-0.2, 0) is 14.0 Å². The fourth-order valence-electron chi connectivity index (χ4n) is 2.39. The molecule has 0 aromatic carbocycles. The van der Waals surface area contributed by atoms with Crippen molar-refractivity contribution < 1.29 is 18.8 Å². The van der Waals surface area contributed by atoms with Gasteiger partial charge in [-0.05, 0) is 73.0 Å². The van der Waals surface area contributed by atoms with E-state index in [0.29, 0.717) is 11.3 Å². The number of nitrogens with one attached hydrogen (secondary N) is 1. The van der Waals surface area contributed by atoms with Gasteiger partial charge >= 0.3 is 13.2 Å². The largest absolute Gasteiger partial charge is 0.492 e. The van der Waals surface area contributed by atoms with Crippen molar-refractivity contribution in [1.29, 1.82) is 0 Å².